The van der Waals surface area contributed by atoms with E-state index in [0.717, 1.165) is 29.4 Å². The highest BCUT2D eigenvalue weighted by Gasteiger charge is 2.13. The Kier molecular flexibility index (Phi) is 3.27. The van der Waals surface area contributed by atoms with Crippen molar-refractivity contribution >= 4 is 0 Å². The van der Waals surface area contributed by atoms with Crippen molar-refractivity contribution in [3.05, 3.63) is 24.5 Å². The highest BCUT2D eigenvalue weighted by Crippen LogP contribution is 2.31. The van der Waals surface area contributed by atoms with Crippen molar-refractivity contribution in [2.45, 2.75) is 13.5 Å². The molecule has 90 valence electrons. The van der Waals surface area contributed by atoms with Crippen LogP contribution in [0, 0.1) is 0 Å². The van der Waals surface area contributed by atoms with Gasteiger partial charge < -0.3 is 14.0 Å². The van der Waals surface area contributed by atoms with Gasteiger partial charge in [-0.3, -0.25) is 0 Å². The van der Waals surface area contributed by atoms with Crippen molar-refractivity contribution in [3.63, 3.8) is 0 Å². The fourth-order valence-corrected chi connectivity index (χ4v) is 1.68. The fourth-order valence-electron chi connectivity index (χ4n) is 1.68. The first kappa shape index (κ1) is 11.4. The van der Waals surface area contributed by atoms with E-state index < -0.39 is 0 Å². The maximum Gasteiger partial charge on any atom is 0.167 e. The monoisotopic (exact) mass is 233 g/mol. The molecule has 1 aromatic carbocycles. The second-order valence-corrected chi connectivity index (χ2v) is 3.51. The van der Waals surface area contributed by atoms with Gasteiger partial charge in [-0.15, -0.1) is 10.2 Å². The molecule has 5 nitrogen and oxygen atoms in total. The molecule has 0 fully saturated rings. The highest BCUT2D eigenvalue weighted by atomic mass is 16.5. The number of aromatic nitrogens is 3. The molecule has 0 saturated heterocycles. The van der Waals surface area contributed by atoms with Crippen LogP contribution in [-0.2, 0) is 6.54 Å². The van der Waals surface area contributed by atoms with Crippen molar-refractivity contribution in [1.82, 2.24) is 14.8 Å². The molecule has 5 heteroatoms. The van der Waals surface area contributed by atoms with Crippen LogP contribution in [-0.4, -0.2) is 29.0 Å². The number of benzene rings is 1. The first-order chi connectivity index (χ1) is 8.30. The van der Waals surface area contributed by atoms with Crippen LogP contribution in [0.15, 0.2) is 24.5 Å². The van der Waals surface area contributed by atoms with Crippen molar-refractivity contribution < 1.29 is 9.47 Å². The van der Waals surface area contributed by atoms with Crippen LogP contribution in [0.3, 0.4) is 0 Å². The quantitative estimate of drug-likeness (QED) is 0.810. The molecule has 2 rings (SSSR count). The van der Waals surface area contributed by atoms with Crippen LogP contribution in [0.1, 0.15) is 6.92 Å². The Bertz CT molecular complexity index is 508. The van der Waals surface area contributed by atoms with Crippen LogP contribution >= 0.6 is 0 Å². The summed E-state index contributed by atoms with van der Waals surface area (Å²) in [5, 5.41) is 8.04. The Hall–Kier alpha value is -2.04. The van der Waals surface area contributed by atoms with Gasteiger partial charge in [0.05, 0.1) is 19.8 Å². The third kappa shape index (κ3) is 2.08. The van der Waals surface area contributed by atoms with E-state index >= 15 is 0 Å². The molecule has 1 heterocycles. The van der Waals surface area contributed by atoms with Crippen molar-refractivity contribution in [1.29, 1.82) is 0 Å². The van der Waals surface area contributed by atoms with Gasteiger partial charge in [-0.05, 0) is 25.1 Å². The topological polar surface area (TPSA) is 49.2 Å². The standard InChI is InChI=1S/C12H15N3O2/c1-4-15-8-13-14-12(15)10-7-9(16-2)5-6-11(10)17-3/h5-8H,4H2,1-3H3. The molecule has 0 bridgehead atoms. The van der Waals surface area contributed by atoms with Crippen LogP contribution < -0.4 is 9.47 Å². The van der Waals surface area contributed by atoms with Crippen molar-refractivity contribution in [2.75, 3.05) is 14.2 Å². The summed E-state index contributed by atoms with van der Waals surface area (Å²) in [4.78, 5) is 0. The molecule has 0 spiro atoms. The lowest BCUT2D eigenvalue weighted by molar-refractivity contribution is 0.404. The van der Waals surface area contributed by atoms with E-state index in [9.17, 15) is 0 Å². The predicted molar refractivity (Wildman–Crippen MR) is 64.2 cm³/mol. The van der Waals surface area contributed by atoms with Gasteiger partial charge >= 0.3 is 0 Å². The van der Waals surface area contributed by atoms with Crippen LogP contribution in [0.25, 0.3) is 11.4 Å². The number of hydrogen-bond donors (Lipinski definition) is 0. The molecule has 17 heavy (non-hydrogen) atoms. The summed E-state index contributed by atoms with van der Waals surface area (Å²) in [5.41, 5.74) is 0.881. The van der Waals surface area contributed by atoms with Crippen LogP contribution in [0.4, 0.5) is 0 Å². The lowest BCUT2D eigenvalue weighted by Crippen LogP contribution is -1.98. The summed E-state index contributed by atoms with van der Waals surface area (Å²) in [6, 6.07) is 5.62. The molecule has 0 unspecified atom stereocenters. The first-order valence-corrected chi connectivity index (χ1v) is 5.40. The third-order valence-corrected chi connectivity index (χ3v) is 2.60. The van der Waals surface area contributed by atoms with Crippen LogP contribution in [0.5, 0.6) is 11.5 Å². The molecule has 0 radical (unpaired) electrons. The molecule has 0 aliphatic rings. The largest absolute Gasteiger partial charge is 0.497 e. The number of rotatable bonds is 4. The van der Waals surface area contributed by atoms with Gasteiger partial charge in [0.2, 0.25) is 0 Å². The molecular formula is C12H15N3O2. The van der Waals surface area contributed by atoms with Crippen molar-refractivity contribution in [2.24, 2.45) is 0 Å². The number of methoxy groups -OCH3 is 2. The Labute approximate surface area is 100 Å². The van der Waals surface area contributed by atoms with Gasteiger partial charge in [-0.1, -0.05) is 0 Å². The molecule has 0 aliphatic heterocycles. The highest BCUT2D eigenvalue weighted by molar-refractivity contribution is 5.66. The minimum absolute atomic E-state index is 0.758. The van der Waals surface area contributed by atoms with Gasteiger partial charge in [-0.2, -0.15) is 0 Å². The zero-order valence-electron chi connectivity index (χ0n) is 10.2. The van der Waals surface area contributed by atoms with E-state index in [2.05, 4.69) is 10.2 Å². The maximum atomic E-state index is 5.33. The molecule has 0 atom stereocenters. The minimum Gasteiger partial charge on any atom is -0.497 e. The molecule has 2 aromatic rings. The van der Waals surface area contributed by atoms with E-state index in [4.69, 9.17) is 9.47 Å². The predicted octanol–water partition coefficient (Wildman–Crippen LogP) is 1.98. The van der Waals surface area contributed by atoms with Gasteiger partial charge in [0.25, 0.3) is 0 Å². The average Bonchev–Trinajstić information content (AvgIpc) is 2.86. The Morgan fingerprint density at radius 3 is 2.71 bits per heavy atom. The summed E-state index contributed by atoms with van der Waals surface area (Å²) in [7, 11) is 3.27. The second-order valence-electron chi connectivity index (χ2n) is 3.51. The number of aryl methyl sites for hydroxylation is 1. The van der Waals surface area contributed by atoms with Gasteiger partial charge in [-0.25, -0.2) is 0 Å². The molecule has 1 aromatic heterocycles. The molecule has 0 aliphatic carbocycles. The van der Waals surface area contributed by atoms with E-state index in [0.29, 0.717) is 0 Å². The number of ether oxygens (including phenoxy) is 2. The van der Waals surface area contributed by atoms with E-state index in [1.165, 1.54) is 0 Å². The van der Waals surface area contributed by atoms with Gasteiger partial charge in [0.15, 0.2) is 5.82 Å². The lowest BCUT2D eigenvalue weighted by atomic mass is 10.1. The normalized spacial score (nSPS) is 10.3. The molecular weight excluding hydrogens is 218 g/mol. The zero-order valence-corrected chi connectivity index (χ0v) is 10.2. The third-order valence-electron chi connectivity index (χ3n) is 2.60. The maximum absolute atomic E-state index is 5.33. The van der Waals surface area contributed by atoms with E-state index in [-0.39, 0.29) is 0 Å². The zero-order chi connectivity index (χ0) is 12.3. The summed E-state index contributed by atoms with van der Waals surface area (Å²) in [6.45, 7) is 2.85. The van der Waals surface area contributed by atoms with Gasteiger partial charge in [0, 0.05) is 6.54 Å². The number of nitrogens with zero attached hydrogens (tertiary/aromatic N) is 3. The fraction of sp³-hybridized carbons (Fsp3) is 0.333. The Balaban J connectivity index is 2.56. The molecule has 0 amide bonds. The average molecular weight is 233 g/mol. The van der Waals surface area contributed by atoms with E-state index in [1.54, 1.807) is 20.5 Å². The summed E-state index contributed by atoms with van der Waals surface area (Å²) in [5.74, 6) is 2.31. The Morgan fingerprint density at radius 1 is 1.24 bits per heavy atom. The Morgan fingerprint density at radius 2 is 2.06 bits per heavy atom. The second kappa shape index (κ2) is 4.86. The van der Waals surface area contributed by atoms with E-state index in [1.807, 2.05) is 29.7 Å². The SMILES string of the molecule is CCn1cnnc1-c1cc(OC)ccc1OC. The molecule has 0 N–H and O–H groups in total. The molecule has 0 saturated carbocycles. The smallest absolute Gasteiger partial charge is 0.167 e. The lowest BCUT2D eigenvalue weighted by Gasteiger charge is -2.10. The summed E-state index contributed by atoms with van der Waals surface area (Å²) >= 11 is 0. The minimum atomic E-state index is 0.758. The van der Waals surface area contributed by atoms with Crippen molar-refractivity contribution in [3.8, 4) is 22.9 Å². The first-order valence-electron chi connectivity index (χ1n) is 5.40. The van der Waals surface area contributed by atoms with Crippen LogP contribution in [0.2, 0.25) is 0 Å². The number of hydrogen-bond acceptors (Lipinski definition) is 4. The summed E-state index contributed by atoms with van der Waals surface area (Å²) in [6.07, 6.45) is 1.70. The summed E-state index contributed by atoms with van der Waals surface area (Å²) < 4.78 is 12.5. The van der Waals surface area contributed by atoms with Gasteiger partial charge in [0.1, 0.15) is 17.8 Å².